The van der Waals surface area contributed by atoms with Gasteiger partial charge in [-0.05, 0) is 24.3 Å². The van der Waals surface area contributed by atoms with Crippen LogP contribution in [0.4, 0.5) is 0 Å². The average molecular weight is 266 g/mol. The van der Waals surface area contributed by atoms with Gasteiger partial charge in [-0.25, -0.2) is 4.79 Å². The van der Waals surface area contributed by atoms with Crippen molar-refractivity contribution in [3.05, 3.63) is 60.6 Å². The molecule has 0 saturated heterocycles. The molecule has 98 valence electrons. The molecule has 3 rings (SSSR count). The molecule has 0 aliphatic carbocycles. The van der Waals surface area contributed by atoms with Gasteiger partial charge in [0.15, 0.2) is 5.75 Å². The van der Waals surface area contributed by atoms with Crippen molar-refractivity contribution in [3.63, 3.8) is 0 Å². The van der Waals surface area contributed by atoms with E-state index >= 15 is 0 Å². The first-order chi connectivity index (χ1) is 9.74. The van der Waals surface area contributed by atoms with Crippen LogP contribution in [-0.2, 0) is 0 Å². The number of aromatic nitrogens is 2. The Bertz CT molecular complexity index is 787. The van der Waals surface area contributed by atoms with Gasteiger partial charge in [-0.3, -0.25) is 9.97 Å². The Balaban J connectivity index is 1.99. The lowest BCUT2D eigenvalue weighted by Gasteiger charge is -2.08. The van der Waals surface area contributed by atoms with Crippen LogP contribution in [-0.4, -0.2) is 21.0 Å². The monoisotopic (exact) mass is 266 g/mol. The molecule has 0 aliphatic heterocycles. The van der Waals surface area contributed by atoms with Crippen LogP contribution in [0.15, 0.2) is 55.0 Å². The molecule has 0 bridgehead atoms. The van der Waals surface area contributed by atoms with Crippen molar-refractivity contribution in [1.29, 1.82) is 0 Å². The largest absolute Gasteiger partial charge is 0.478 e. The Hall–Kier alpha value is -2.95. The molecule has 0 unspecified atom stereocenters. The first kappa shape index (κ1) is 12.1. The number of fused-ring (bicyclic) bond motifs is 1. The minimum Gasteiger partial charge on any atom is -0.478 e. The topological polar surface area (TPSA) is 72.3 Å². The highest BCUT2D eigenvalue weighted by atomic mass is 16.5. The van der Waals surface area contributed by atoms with Gasteiger partial charge in [0.25, 0.3) is 0 Å². The van der Waals surface area contributed by atoms with Crippen LogP contribution in [0.3, 0.4) is 0 Å². The molecular formula is C15H10N2O3. The summed E-state index contributed by atoms with van der Waals surface area (Å²) in [6.45, 7) is 0. The van der Waals surface area contributed by atoms with Gasteiger partial charge in [0.05, 0.1) is 11.7 Å². The van der Waals surface area contributed by atoms with Crippen molar-refractivity contribution in [3.8, 4) is 11.5 Å². The first-order valence-electron chi connectivity index (χ1n) is 5.94. The molecule has 5 heteroatoms. The zero-order valence-electron chi connectivity index (χ0n) is 10.4. The summed E-state index contributed by atoms with van der Waals surface area (Å²) >= 11 is 0. The molecule has 0 radical (unpaired) electrons. The Morgan fingerprint density at radius 1 is 1.15 bits per heavy atom. The van der Waals surface area contributed by atoms with E-state index in [0.29, 0.717) is 5.75 Å². The number of carboxylic acid groups (broad SMARTS) is 1. The fourth-order valence-electron chi connectivity index (χ4n) is 1.87. The van der Waals surface area contributed by atoms with E-state index in [4.69, 9.17) is 9.84 Å². The standard InChI is InChI=1S/C15H10N2O3/c18-15(19)12-5-7-16-9-14(12)20-11-4-3-10-2-1-6-17-13(10)8-11/h1-9H,(H,18,19). The van der Waals surface area contributed by atoms with E-state index in [-0.39, 0.29) is 11.3 Å². The van der Waals surface area contributed by atoms with E-state index in [9.17, 15) is 4.79 Å². The van der Waals surface area contributed by atoms with Crippen molar-refractivity contribution < 1.29 is 14.6 Å². The third-order valence-corrected chi connectivity index (χ3v) is 2.82. The predicted molar refractivity (Wildman–Crippen MR) is 73.0 cm³/mol. The zero-order valence-corrected chi connectivity index (χ0v) is 10.4. The second-order valence-corrected chi connectivity index (χ2v) is 4.14. The maximum absolute atomic E-state index is 11.1. The third-order valence-electron chi connectivity index (χ3n) is 2.82. The summed E-state index contributed by atoms with van der Waals surface area (Å²) in [6, 6.07) is 10.6. The lowest BCUT2D eigenvalue weighted by molar-refractivity contribution is 0.0694. The number of carboxylic acids is 1. The zero-order chi connectivity index (χ0) is 13.9. The second-order valence-electron chi connectivity index (χ2n) is 4.14. The smallest absolute Gasteiger partial charge is 0.339 e. The minimum absolute atomic E-state index is 0.0705. The number of nitrogens with zero attached hydrogens (tertiary/aromatic N) is 2. The third kappa shape index (κ3) is 2.29. The number of hydrogen-bond donors (Lipinski definition) is 1. The number of ether oxygens (including phenoxy) is 1. The van der Waals surface area contributed by atoms with Crippen LogP contribution in [0.25, 0.3) is 10.9 Å². The van der Waals surface area contributed by atoms with Gasteiger partial charge in [0, 0.05) is 23.8 Å². The second kappa shape index (κ2) is 4.97. The number of hydrogen-bond acceptors (Lipinski definition) is 4. The minimum atomic E-state index is -1.05. The highest BCUT2D eigenvalue weighted by molar-refractivity contribution is 5.90. The van der Waals surface area contributed by atoms with Crippen molar-refractivity contribution in [2.45, 2.75) is 0 Å². The van der Waals surface area contributed by atoms with E-state index in [2.05, 4.69) is 9.97 Å². The molecule has 0 aliphatic rings. The highest BCUT2D eigenvalue weighted by Gasteiger charge is 2.11. The molecular weight excluding hydrogens is 256 g/mol. The Kier molecular flexibility index (Phi) is 3.01. The summed E-state index contributed by atoms with van der Waals surface area (Å²) in [4.78, 5) is 19.2. The summed E-state index contributed by atoms with van der Waals surface area (Å²) in [5.74, 6) is -0.330. The van der Waals surface area contributed by atoms with Crippen molar-refractivity contribution in [1.82, 2.24) is 9.97 Å². The van der Waals surface area contributed by atoms with Gasteiger partial charge < -0.3 is 9.84 Å². The Labute approximate surface area is 114 Å². The lowest BCUT2D eigenvalue weighted by atomic mass is 10.2. The highest BCUT2D eigenvalue weighted by Crippen LogP contribution is 2.26. The SMILES string of the molecule is O=C(O)c1ccncc1Oc1ccc2cccnc2c1. The summed E-state index contributed by atoms with van der Waals surface area (Å²) in [7, 11) is 0. The molecule has 2 heterocycles. The van der Waals surface area contributed by atoms with Crippen molar-refractivity contribution in [2.75, 3.05) is 0 Å². The van der Waals surface area contributed by atoms with Crippen LogP contribution < -0.4 is 4.74 Å². The van der Waals surface area contributed by atoms with Gasteiger partial charge in [0.1, 0.15) is 11.3 Å². The summed E-state index contributed by atoms with van der Waals surface area (Å²) < 4.78 is 5.60. The number of pyridine rings is 2. The van der Waals surface area contributed by atoms with Gasteiger partial charge in [-0.1, -0.05) is 6.07 Å². The van der Waals surface area contributed by atoms with Crippen molar-refractivity contribution in [2.24, 2.45) is 0 Å². The van der Waals surface area contributed by atoms with E-state index in [0.717, 1.165) is 10.9 Å². The molecule has 0 spiro atoms. The van der Waals surface area contributed by atoms with Gasteiger partial charge in [-0.15, -0.1) is 0 Å². The van der Waals surface area contributed by atoms with E-state index in [1.54, 1.807) is 18.3 Å². The van der Waals surface area contributed by atoms with Crippen LogP contribution in [0, 0.1) is 0 Å². The maximum Gasteiger partial charge on any atom is 0.339 e. The Morgan fingerprint density at radius 2 is 2.05 bits per heavy atom. The maximum atomic E-state index is 11.1. The summed E-state index contributed by atoms with van der Waals surface area (Å²) in [5.41, 5.74) is 0.854. The van der Waals surface area contributed by atoms with E-state index in [1.165, 1.54) is 18.5 Å². The van der Waals surface area contributed by atoms with Crippen LogP contribution in [0.2, 0.25) is 0 Å². The predicted octanol–water partition coefficient (Wildman–Crippen LogP) is 3.12. The van der Waals surface area contributed by atoms with E-state index in [1.807, 2.05) is 18.2 Å². The van der Waals surface area contributed by atoms with Crippen LogP contribution >= 0.6 is 0 Å². The molecule has 0 fully saturated rings. The lowest BCUT2D eigenvalue weighted by Crippen LogP contribution is -2.00. The molecule has 1 N–H and O–H groups in total. The van der Waals surface area contributed by atoms with Crippen molar-refractivity contribution >= 4 is 16.9 Å². The molecule has 2 aromatic heterocycles. The van der Waals surface area contributed by atoms with Crippen LogP contribution in [0.5, 0.6) is 11.5 Å². The number of rotatable bonds is 3. The van der Waals surface area contributed by atoms with Gasteiger partial charge in [-0.2, -0.15) is 0 Å². The average Bonchev–Trinajstić information content (AvgIpc) is 2.47. The van der Waals surface area contributed by atoms with Crippen LogP contribution in [0.1, 0.15) is 10.4 Å². The number of benzene rings is 1. The molecule has 0 saturated carbocycles. The van der Waals surface area contributed by atoms with Gasteiger partial charge in [0.2, 0.25) is 0 Å². The number of carbonyl (C=O) groups is 1. The number of aromatic carboxylic acids is 1. The molecule has 20 heavy (non-hydrogen) atoms. The molecule has 5 nitrogen and oxygen atoms in total. The molecule has 3 aromatic rings. The summed E-state index contributed by atoms with van der Waals surface area (Å²) in [6.07, 6.45) is 4.49. The quantitative estimate of drug-likeness (QED) is 0.788. The first-order valence-corrected chi connectivity index (χ1v) is 5.94. The fourth-order valence-corrected chi connectivity index (χ4v) is 1.87. The fraction of sp³-hybridized carbons (Fsp3) is 0. The summed E-state index contributed by atoms with van der Waals surface area (Å²) in [5, 5.41) is 10.1. The molecule has 1 aromatic carbocycles. The van der Waals surface area contributed by atoms with E-state index < -0.39 is 5.97 Å². The molecule has 0 atom stereocenters. The normalized spacial score (nSPS) is 10.4. The Morgan fingerprint density at radius 3 is 2.90 bits per heavy atom. The molecule has 0 amide bonds. The van der Waals surface area contributed by atoms with Gasteiger partial charge >= 0.3 is 5.97 Å².